The molecular formula is C12H19N5O2. The second kappa shape index (κ2) is 6.44. The van der Waals surface area contributed by atoms with E-state index in [1.807, 2.05) is 13.0 Å². The SMILES string of the molecule is Cc1cc(CN2CCOCC2)c(CN=NN)c(=O)[nH]1. The highest BCUT2D eigenvalue weighted by Gasteiger charge is 2.15. The number of nitrogens with one attached hydrogen (secondary N) is 1. The number of aromatic amines is 1. The lowest BCUT2D eigenvalue weighted by Gasteiger charge is -2.27. The fourth-order valence-electron chi connectivity index (χ4n) is 2.21. The molecule has 0 radical (unpaired) electrons. The van der Waals surface area contributed by atoms with Gasteiger partial charge in [-0.25, -0.2) is 0 Å². The van der Waals surface area contributed by atoms with Gasteiger partial charge in [-0.1, -0.05) is 5.22 Å². The maximum atomic E-state index is 12.0. The standard InChI is InChI=1S/C12H19N5O2/c1-9-6-10(8-17-2-4-19-5-3-17)11(7-14-16-13)12(18)15-9/h6H,2-5,7-8H2,1H3,(H2,13,14)(H,15,18). The highest BCUT2D eigenvalue weighted by Crippen LogP contribution is 2.12. The Kier molecular flexibility index (Phi) is 4.64. The van der Waals surface area contributed by atoms with Crippen LogP contribution in [0.4, 0.5) is 0 Å². The molecule has 0 amide bonds. The summed E-state index contributed by atoms with van der Waals surface area (Å²) in [6, 6.07) is 1.98. The number of morpholine rings is 1. The zero-order chi connectivity index (χ0) is 13.7. The number of H-pyrrole nitrogens is 1. The second-order valence-electron chi connectivity index (χ2n) is 4.59. The van der Waals surface area contributed by atoms with Crippen LogP contribution in [0.3, 0.4) is 0 Å². The average molecular weight is 265 g/mol. The minimum absolute atomic E-state index is 0.115. The van der Waals surface area contributed by atoms with Crippen molar-refractivity contribution < 1.29 is 4.74 Å². The van der Waals surface area contributed by atoms with E-state index in [0.717, 1.165) is 44.1 Å². The van der Waals surface area contributed by atoms with Crippen molar-refractivity contribution in [3.8, 4) is 0 Å². The Morgan fingerprint density at radius 3 is 2.89 bits per heavy atom. The molecule has 1 aromatic heterocycles. The molecule has 1 aromatic rings. The highest BCUT2D eigenvalue weighted by atomic mass is 16.5. The molecule has 0 bridgehead atoms. The van der Waals surface area contributed by atoms with Gasteiger partial charge in [0.1, 0.15) is 0 Å². The molecule has 0 aromatic carbocycles. The molecule has 0 spiro atoms. The predicted molar refractivity (Wildman–Crippen MR) is 70.6 cm³/mol. The van der Waals surface area contributed by atoms with Gasteiger partial charge in [-0.3, -0.25) is 9.69 Å². The molecule has 0 saturated carbocycles. The normalized spacial score (nSPS) is 17.1. The molecule has 2 heterocycles. The largest absolute Gasteiger partial charge is 0.379 e. The van der Waals surface area contributed by atoms with Crippen molar-refractivity contribution in [2.45, 2.75) is 20.0 Å². The molecule has 1 saturated heterocycles. The number of pyridine rings is 1. The summed E-state index contributed by atoms with van der Waals surface area (Å²) in [6.07, 6.45) is 0. The molecule has 7 heteroatoms. The van der Waals surface area contributed by atoms with E-state index in [-0.39, 0.29) is 12.1 Å². The molecule has 2 rings (SSSR count). The maximum Gasteiger partial charge on any atom is 0.253 e. The predicted octanol–water partition coefficient (Wildman–Crippen LogP) is 0.341. The summed E-state index contributed by atoms with van der Waals surface area (Å²) in [7, 11) is 0. The summed E-state index contributed by atoms with van der Waals surface area (Å²) in [5, 5.41) is 6.95. The minimum atomic E-state index is -0.115. The van der Waals surface area contributed by atoms with Crippen LogP contribution in [-0.4, -0.2) is 36.2 Å². The molecule has 3 N–H and O–H groups in total. The van der Waals surface area contributed by atoms with Crippen molar-refractivity contribution in [1.29, 1.82) is 0 Å². The monoisotopic (exact) mass is 265 g/mol. The van der Waals surface area contributed by atoms with E-state index in [1.54, 1.807) is 0 Å². The van der Waals surface area contributed by atoms with Gasteiger partial charge in [0.2, 0.25) is 0 Å². The molecule has 0 aliphatic carbocycles. The summed E-state index contributed by atoms with van der Waals surface area (Å²) in [5.41, 5.74) is 2.35. The molecular weight excluding hydrogens is 246 g/mol. The third-order valence-electron chi connectivity index (χ3n) is 3.17. The van der Waals surface area contributed by atoms with Gasteiger partial charge in [-0.15, -0.1) is 0 Å². The van der Waals surface area contributed by atoms with Crippen molar-refractivity contribution in [3.05, 3.63) is 33.2 Å². The van der Waals surface area contributed by atoms with Gasteiger partial charge in [0.25, 0.3) is 5.56 Å². The zero-order valence-electron chi connectivity index (χ0n) is 11.1. The van der Waals surface area contributed by atoms with Crippen LogP contribution in [0.1, 0.15) is 16.8 Å². The van der Waals surface area contributed by atoms with Crippen molar-refractivity contribution in [2.24, 2.45) is 16.2 Å². The topological polar surface area (TPSA) is 96.1 Å². The van der Waals surface area contributed by atoms with Gasteiger partial charge in [-0.2, -0.15) is 5.11 Å². The number of nitrogens with two attached hydrogens (primary N) is 1. The smallest absolute Gasteiger partial charge is 0.253 e. The number of rotatable bonds is 4. The Morgan fingerprint density at radius 1 is 1.47 bits per heavy atom. The first-order valence-electron chi connectivity index (χ1n) is 6.29. The fraction of sp³-hybridized carbons (Fsp3) is 0.583. The summed E-state index contributed by atoms with van der Waals surface area (Å²) >= 11 is 0. The molecule has 7 nitrogen and oxygen atoms in total. The first kappa shape index (κ1) is 13.7. The molecule has 19 heavy (non-hydrogen) atoms. The van der Waals surface area contributed by atoms with E-state index in [4.69, 9.17) is 10.6 Å². The first-order valence-corrected chi connectivity index (χ1v) is 6.29. The first-order chi connectivity index (χ1) is 9.20. The quantitative estimate of drug-likeness (QED) is 0.466. The van der Waals surface area contributed by atoms with Gasteiger partial charge in [-0.05, 0) is 18.6 Å². The molecule has 0 atom stereocenters. The zero-order valence-corrected chi connectivity index (χ0v) is 11.1. The maximum absolute atomic E-state index is 12.0. The van der Waals surface area contributed by atoms with Crippen LogP contribution in [0.2, 0.25) is 0 Å². The van der Waals surface area contributed by atoms with E-state index < -0.39 is 0 Å². The number of aromatic nitrogens is 1. The molecule has 0 unspecified atom stereocenters. The fourth-order valence-corrected chi connectivity index (χ4v) is 2.21. The van der Waals surface area contributed by atoms with Crippen molar-refractivity contribution in [3.63, 3.8) is 0 Å². The van der Waals surface area contributed by atoms with Crippen molar-refractivity contribution >= 4 is 0 Å². The summed E-state index contributed by atoms with van der Waals surface area (Å²) in [6.45, 7) is 6.04. The Labute approximate surface area is 111 Å². The van der Waals surface area contributed by atoms with Crippen molar-refractivity contribution in [2.75, 3.05) is 26.3 Å². The lowest BCUT2D eigenvalue weighted by molar-refractivity contribution is 0.0340. The summed E-state index contributed by atoms with van der Waals surface area (Å²) < 4.78 is 5.32. The average Bonchev–Trinajstić information content (AvgIpc) is 2.39. The van der Waals surface area contributed by atoms with Crippen LogP contribution >= 0.6 is 0 Å². The van der Waals surface area contributed by atoms with E-state index in [1.165, 1.54) is 0 Å². The van der Waals surface area contributed by atoms with Gasteiger partial charge in [0, 0.05) is 30.9 Å². The number of hydrogen-bond donors (Lipinski definition) is 2. The van der Waals surface area contributed by atoms with Gasteiger partial charge in [0.05, 0.1) is 19.8 Å². The summed E-state index contributed by atoms with van der Waals surface area (Å²) in [4.78, 5) is 17.0. The Bertz CT molecular complexity index is 505. The lowest BCUT2D eigenvalue weighted by Crippen LogP contribution is -2.36. The van der Waals surface area contributed by atoms with Crippen LogP contribution in [0.5, 0.6) is 0 Å². The van der Waals surface area contributed by atoms with Crippen LogP contribution in [0.15, 0.2) is 21.2 Å². The minimum Gasteiger partial charge on any atom is -0.379 e. The van der Waals surface area contributed by atoms with Crippen molar-refractivity contribution in [1.82, 2.24) is 9.88 Å². The second-order valence-corrected chi connectivity index (χ2v) is 4.59. The van der Waals surface area contributed by atoms with Crippen LogP contribution in [-0.2, 0) is 17.8 Å². The Hall–Kier alpha value is -1.73. The summed E-state index contributed by atoms with van der Waals surface area (Å²) in [5.74, 6) is 5.01. The van der Waals surface area contributed by atoms with Gasteiger partial charge in [0.15, 0.2) is 0 Å². The Balaban J connectivity index is 2.23. The van der Waals surface area contributed by atoms with Crippen LogP contribution in [0.25, 0.3) is 0 Å². The molecule has 104 valence electrons. The van der Waals surface area contributed by atoms with E-state index in [0.29, 0.717) is 5.56 Å². The van der Waals surface area contributed by atoms with Crippen LogP contribution in [0, 0.1) is 6.92 Å². The third kappa shape index (κ3) is 3.62. The third-order valence-corrected chi connectivity index (χ3v) is 3.17. The molecule has 1 aliphatic heterocycles. The van der Waals surface area contributed by atoms with Gasteiger partial charge >= 0.3 is 0 Å². The van der Waals surface area contributed by atoms with E-state index in [9.17, 15) is 4.79 Å². The lowest BCUT2D eigenvalue weighted by atomic mass is 10.1. The van der Waals surface area contributed by atoms with E-state index in [2.05, 4.69) is 20.2 Å². The molecule has 1 aliphatic rings. The number of hydrogen-bond acceptors (Lipinski definition) is 5. The highest BCUT2D eigenvalue weighted by molar-refractivity contribution is 5.26. The Morgan fingerprint density at radius 2 is 2.21 bits per heavy atom. The number of nitrogens with zero attached hydrogens (tertiary/aromatic N) is 3. The number of ether oxygens (including phenoxy) is 1. The number of aryl methyl sites for hydroxylation is 1. The van der Waals surface area contributed by atoms with Crippen LogP contribution < -0.4 is 11.4 Å². The van der Waals surface area contributed by atoms with Gasteiger partial charge < -0.3 is 15.6 Å². The van der Waals surface area contributed by atoms with E-state index >= 15 is 0 Å². The molecule has 1 fully saturated rings.